The van der Waals surface area contributed by atoms with Gasteiger partial charge >= 0.3 is 0 Å². The smallest absolute Gasteiger partial charge is 0.0923 e. The number of hydrogen-bond acceptors (Lipinski definition) is 1. The molecule has 73 valence electrons. The predicted octanol–water partition coefficient (Wildman–Crippen LogP) is 2.73. The van der Waals surface area contributed by atoms with E-state index in [9.17, 15) is 0 Å². The lowest BCUT2D eigenvalue weighted by Gasteiger charge is -2.03. The Morgan fingerprint density at radius 1 is 1.36 bits per heavy atom. The minimum absolute atomic E-state index is 1.06. The summed E-state index contributed by atoms with van der Waals surface area (Å²) in [5.41, 5.74) is 2.44. The van der Waals surface area contributed by atoms with Crippen molar-refractivity contribution in [3.05, 3.63) is 35.9 Å². The third-order valence-corrected chi connectivity index (χ3v) is 2.24. The van der Waals surface area contributed by atoms with Crippen molar-refractivity contribution in [2.45, 2.75) is 20.3 Å². The van der Waals surface area contributed by atoms with Crippen molar-refractivity contribution in [1.29, 1.82) is 0 Å². The first kappa shape index (κ1) is 9.25. The number of benzene rings is 1. The molecule has 0 aliphatic rings. The van der Waals surface area contributed by atoms with Crippen LogP contribution in [0.1, 0.15) is 19.4 Å². The third kappa shape index (κ3) is 1.79. The van der Waals surface area contributed by atoms with Gasteiger partial charge in [-0.3, -0.25) is 4.68 Å². The average molecular weight is 187 g/mol. The summed E-state index contributed by atoms with van der Waals surface area (Å²) in [6.45, 7) is 4.32. The topological polar surface area (TPSA) is 17.8 Å². The molecule has 0 bridgehead atoms. The van der Waals surface area contributed by atoms with Gasteiger partial charge in [-0.05, 0) is 30.0 Å². The second-order valence-electron chi connectivity index (χ2n) is 4.08. The standard InChI is InChI=1S/C12H15N2/c1-9(2)6-10-4-5-12-11(7-10)8-14(3)13-12/h4-5,7-8H,6H2,1-3H3. The third-order valence-electron chi connectivity index (χ3n) is 2.24. The van der Waals surface area contributed by atoms with Crippen LogP contribution < -0.4 is 0 Å². The van der Waals surface area contributed by atoms with Gasteiger partial charge in [-0.15, -0.1) is 0 Å². The van der Waals surface area contributed by atoms with Crippen molar-refractivity contribution in [3.8, 4) is 0 Å². The average Bonchev–Trinajstić information content (AvgIpc) is 2.42. The summed E-state index contributed by atoms with van der Waals surface area (Å²) in [7, 11) is 1.96. The summed E-state index contributed by atoms with van der Waals surface area (Å²) >= 11 is 0. The van der Waals surface area contributed by atoms with Crippen molar-refractivity contribution < 1.29 is 0 Å². The van der Waals surface area contributed by atoms with Crippen LogP contribution >= 0.6 is 0 Å². The fraction of sp³-hybridized carbons (Fsp3) is 0.333. The molecule has 0 saturated carbocycles. The van der Waals surface area contributed by atoms with Crippen molar-refractivity contribution in [1.82, 2.24) is 9.78 Å². The SMILES string of the molecule is C[C](C)Cc1ccc2nn(C)cc2c1. The van der Waals surface area contributed by atoms with Gasteiger partial charge in [-0.25, -0.2) is 0 Å². The van der Waals surface area contributed by atoms with Crippen molar-refractivity contribution >= 4 is 10.9 Å². The molecule has 0 unspecified atom stereocenters. The van der Waals surface area contributed by atoms with Crippen LogP contribution in [0.4, 0.5) is 0 Å². The van der Waals surface area contributed by atoms with E-state index in [0.717, 1.165) is 11.9 Å². The molecule has 0 aliphatic heterocycles. The molecule has 1 radical (unpaired) electrons. The van der Waals surface area contributed by atoms with E-state index in [-0.39, 0.29) is 0 Å². The number of aryl methyl sites for hydroxylation is 1. The normalized spacial score (nSPS) is 11.4. The highest BCUT2D eigenvalue weighted by molar-refractivity contribution is 5.78. The Bertz CT molecular complexity index is 441. The van der Waals surface area contributed by atoms with E-state index in [1.165, 1.54) is 16.9 Å². The van der Waals surface area contributed by atoms with Crippen LogP contribution in [-0.2, 0) is 13.5 Å². The highest BCUT2D eigenvalue weighted by Crippen LogP contribution is 2.16. The van der Waals surface area contributed by atoms with E-state index in [4.69, 9.17) is 0 Å². The van der Waals surface area contributed by atoms with E-state index in [2.05, 4.69) is 43.3 Å². The fourth-order valence-corrected chi connectivity index (χ4v) is 1.72. The van der Waals surface area contributed by atoms with Crippen molar-refractivity contribution in [2.24, 2.45) is 7.05 Å². The quantitative estimate of drug-likeness (QED) is 0.706. The molecule has 1 heterocycles. The fourth-order valence-electron chi connectivity index (χ4n) is 1.72. The van der Waals surface area contributed by atoms with Gasteiger partial charge < -0.3 is 0 Å². The number of nitrogens with zero attached hydrogens (tertiary/aromatic N) is 2. The molecule has 0 fully saturated rings. The van der Waals surface area contributed by atoms with Crippen molar-refractivity contribution in [3.63, 3.8) is 0 Å². The largest absolute Gasteiger partial charge is 0.275 e. The molecule has 14 heavy (non-hydrogen) atoms. The number of fused-ring (bicyclic) bond motifs is 1. The lowest BCUT2D eigenvalue weighted by Crippen LogP contribution is -1.90. The van der Waals surface area contributed by atoms with Crippen LogP contribution in [-0.4, -0.2) is 9.78 Å². The van der Waals surface area contributed by atoms with Gasteiger partial charge in [0.2, 0.25) is 0 Å². The van der Waals surface area contributed by atoms with Crippen LogP contribution in [0.15, 0.2) is 24.4 Å². The van der Waals surface area contributed by atoms with Gasteiger partial charge in [0, 0.05) is 18.6 Å². The second kappa shape index (κ2) is 3.45. The minimum atomic E-state index is 1.06. The first-order valence-electron chi connectivity index (χ1n) is 4.86. The molecule has 2 nitrogen and oxygen atoms in total. The van der Waals surface area contributed by atoms with Crippen LogP contribution in [0.25, 0.3) is 10.9 Å². The lowest BCUT2D eigenvalue weighted by atomic mass is 10.0. The lowest BCUT2D eigenvalue weighted by molar-refractivity contribution is 0.780. The van der Waals surface area contributed by atoms with Crippen LogP contribution in [0.5, 0.6) is 0 Å². The Kier molecular flexibility index (Phi) is 2.28. The van der Waals surface area contributed by atoms with E-state index in [1.54, 1.807) is 0 Å². The summed E-state index contributed by atoms with van der Waals surface area (Å²) in [5, 5.41) is 5.57. The molecule has 2 aromatic rings. The minimum Gasteiger partial charge on any atom is -0.275 e. The number of aromatic nitrogens is 2. The summed E-state index contributed by atoms with van der Waals surface area (Å²) in [5.74, 6) is 1.44. The molecule has 0 aliphatic carbocycles. The summed E-state index contributed by atoms with van der Waals surface area (Å²) in [4.78, 5) is 0. The Labute approximate surface area is 84.5 Å². The van der Waals surface area contributed by atoms with E-state index in [1.807, 2.05) is 11.7 Å². The Balaban J connectivity index is 2.40. The summed E-state index contributed by atoms with van der Waals surface area (Å²) in [6.07, 6.45) is 3.12. The van der Waals surface area contributed by atoms with E-state index in [0.29, 0.717) is 0 Å². The second-order valence-corrected chi connectivity index (χ2v) is 4.08. The van der Waals surface area contributed by atoms with Gasteiger partial charge in [0.15, 0.2) is 0 Å². The van der Waals surface area contributed by atoms with Gasteiger partial charge in [-0.2, -0.15) is 5.10 Å². The summed E-state index contributed by atoms with van der Waals surface area (Å²) in [6, 6.07) is 6.46. The molecule has 0 N–H and O–H groups in total. The number of rotatable bonds is 2. The van der Waals surface area contributed by atoms with Gasteiger partial charge in [0.05, 0.1) is 5.52 Å². The maximum Gasteiger partial charge on any atom is 0.0923 e. The zero-order valence-corrected chi connectivity index (χ0v) is 8.91. The molecular formula is C12H15N2. The first-order chi connectivity index (χ1) is 6.65. The van der Waals surface area contributed by atoms with Gasteiger partial charge in [0.1, 0.15) is 0 Å². The molecule has 1 aromatic carbocycles. The molecule has 2 rings (SSSR count). The van der Waals surface area contributed by atoms with Crippen molar-refractivity contribution in [2.75, 3.05) is 0 Å². The molecule has 2 heteroatoms. The predicted molar refractivity (Wildman–Crippen MR) is 59.0 cm³/mol. The van der Waals surface area contributed by atoms with Gasteiger partial charge in [-0.1, -0.05) is 19.9 Å². The molecular weight excluding hydrogens is 172 g/mol. The maximum atomic E-state index is 4.34. The zero-order valence-electron chi connectivity index (χ0n) is 8.91. The Morgan fingerprint density at radius 3 is 2.86 bits per heavy atom. The molecule has 0 spiro atoms. The first-order valence-corrected chi connectivity index (χ1v) is 4.86. The maximum absolute atomic E-state index is 4.34. The Hall–Kier alpha value is -1.31. The Morgan fingerprint density at radius 2 is 2.14 bits per heavy atom. The van der Waals surface area contributed by atoms with Crippen LogP contribution in [0, 0.1) is 5.92 Å². The highest BCUT2D eigenvalue weighted by Gasteiger charge is 2.02. The number of hydrogen-bond donors (Lipinski definition) is 0. The van der Waals surface area contributed by atoms with Crippen LogP contribution in [0.3, 0.4) is 0 Å². The van der Waals surface area contributed by atoms with E-state index < -0.39 is 0 Å². The molecule has 0 saturated heterocycles. The van der Waals surface area contributed by atoms with E-state index >= 15 is 0 Å². The monoisotopic (exact) mass is 187 g/mol. The summed E-state index contributed by atoms with van der Waals surface area (Å²) < 4.78 is 1.86. The van der Waals surface area contributed by atoms with Gasteiger partial charge in [0.25, 0.3) is 0 Å². The molecule has 0 amide bonds. The molecule has 0 atom stereocenters. The van der Waals surface area contributed by atoms with Crippen LogP contribution in [0.2, 0.25) is 0 Å². The molecule has 1 aromatic heterocycles. The zero-order chi connectivity index (χ0) is 10.1. The highest BCUT2D eigenvalue weighted by atomic mass is 15.2.